The van der Waals surface area contributed by atoms with Crippen LogP contribution in [0.2, 0.25) is 15.1 Å². The molecule has 15 nitrogen and oxygen atoms in total. The number of aromatic nitrogens is 6. The van der Waals surface area contributed by atoms with Crippen LogP contribution in [-0.4, -0.2) is 59.7 Å². The third-order valence-corrected chi connectivity index (χ3v) is 14.4. The first-order valence-corrected chi connectivity index (χ1v) is 27.4. The second kappa shape index (κ2) is 22.1. The number of benzene rings is 8. The number of fused-ring (bicyclic) bond motifs is 3. The maximum absolute atomic E-state index is 12.7. The van der Waals surface area contributed by atoms with Gasteiger partial charge in [0.15, 0.2) is 17.5 Å². The second-order valence-corrected chi connectivity index (χ2v) is 21.8. The molecule has 0 aliphatic carbocycles. The Balaban J connectivity index is 0.000000139. The lowest BCUT2D eigenvalue weighted by Gasteiger charge is -2.08. The minimum atomic E-state index is -3.74. The third-order valence-electron chi connectivity index (χ3n) is 11.6. The van der Waals surface area contributed by atoms with E-state index in [0.717, 1.165) is 61.7 Å². The van der Waals surface area contributed by atoms with Crippen LogP contribution in [0.25, 0.3) is 66.1 Å². The number of anilines is 4. The first-order valence-electron chi connectivity index (χ1n) is 22.9. The smallest absolute Gasteiger partial charge is 0.308 e. The normalized spacial score (nSPS) is 11.3. The van der Waals surface area contributed by atoms with Gasteiger partial charge in [-0.2, -0.15) is 15.3 Å². The van der Waals surface area contributed by atoms with Gasteiger partial charge in [-0.1, -0.05) is 161 Å². The zero-order valence-electron chi connectivity index (χ0n) is 40.1. The summed E-state index contributed by atoms with van der Waals surface area (Å²) in [6, 6.07) is 53.9. The summed E-state index contributed by atoms with van der Waals surface area (Å²) in [7, 11) is -7.14. The molecule has 0 aliphatic heterocycles. The lowest BCUT2D eigenvalue weighted by Crippen LogP contribution is -2.19. The van der Waals surface area contributed by atoms with Crippen molar-refractivity contribution in [3.63, 3.8) is 0 Å². The average Bonchev–Trinajstić information content (AvgIpc) is 4.09. The van der Waals surface area contributed by atoms with Gasteiger partial charge in [0.25, 0.3) is 10.0 Å². The highest BCUT2D eigenvalue weighted by atomic mass is 35.5. The molecule has 8 aromatic carbocycles. The highest BCUT2D eigenvalue weighted by molar-refractivity contribution is 7.92. The molecule has 11 rings (SSSR count). The van der Waals surface area contributed by atoms with E-state index in [1.807, 2.05) is 153 Å². The van der Waals surface area contributed by atoms with Crippen molar-refractivity contribution >= 4 is 117 Å². The Kier molecular flexibility index (Phi) is 15.2. The van der Waals surface area contributed by atoms with E-state index in [1.165, 1.54) is 0 Å². The Morgan fingerprint density at radius 2 is 0.813 bits per heavy atom. The quantitative estimate of drug-likeness (QED) is 0.0697. The molecule has 0 saturated carbocycles. The summed E-state index contributed by atoms with van der Waals surface area (Å²) < 4.78 is 53.1. The molecule has 3 aromatic heterocycles. The minimum absolute atomic E-state index is 0.182. The number of carbonyl (C=O) groups is 1. The van der Waals surface area contributed by atoms with E-state index in [0.29, 0.717) is 48.4 Å². The van der Waals surface area contributed by atoms with Crippen LogP contribution in [0.1, 0.15) is 11.1 Å². The number of halogens is 3. The van der Waals surface area contributed by atoms with Crippen LogP contribution >= 0.6 is 34.8 Å². The monoisotopic (exact) mass is 1090 g/mol. The number of urea groups is 1. The number of rotatable bonds is 10. The van der Waals surface area contributed by atoms with Crippen molar-refractivity contribution < 1.29 is 21.6 Å². The number of H-pyrrole nitrogens is 3. The molecule has 3 heterocycles. The zero-order valence-corrected chi connectivity index (χ0v) is 44.0. The van der Waals surface area contributed by atoms with Crippen LogP contribution in [0.15, 0.2) is 181 Å². The summed E-state index contributed by atoms with van der Waals surface area (Å²) in [5.41, 5.74) is 10.3. The van der Waals surface area contributed by atoms with E-state index >= 15 is 0 Å². The predicted octanol–water partition coefficient (Wildman–Crippen LogP) is 14.1. The molecular formula is C55H45Cl3N10O5S2. The molecule has 0 saturated heterocycles. The maximum atomic E-state index is 12.7. The number of amides is 2. The molecule has 2 amide bonds. The molecule has 75 heavy (non-hydrogen) atoms. The van der Waals surface area contributed by atoms with E-state index in [9.17, 15) is 21.6 Å². The van der Waals surface area contributed by atoms with Crippen molar-refractivity contribution in [2.45, 2.75) is 18.7 Å². The van der Waals surface area contributed by atoms with Gasteiger partial charge in [0, 0.05) is 38.5 Å². The van der Waals surface area contributed by atoms with Gasteiger partial charge in [0.2, 0.25) is 10.0 Å². The molecular weight excluding hydrogens is 1050 g/mol. The fourth-order valence-electron chi connectivity index (χ4n) is 7.87. The molecule has 0 radical (unpaired) electrons. The first-order chi connectivity index (χ1) is 36.0. The van der Waals surface area contributed by atoms with E-state index < -0.39 is 20.0 Å². The van der Waals surface area contributed by atoms with Gasteiger partial charge in [0.05, 0.1) is 42.8 Å². The van der Waals surface area contributed by atoms with Crippen molar-refractivity contribution in [1.82, 2.24) is 30.6 Å². The summed E-state index contributed by atoms with van der Waals surface area (Å²) in [6.45, 7) is 3.90. The van der Waals surface area contributed by atoms with Crippen molar-refractivity contribution in [2.75, 3.05) is 26.3 Å². The van der Waals surface area contributed by atoms with Crippen molar-refractivity contribution in [3.8, 4) is 33.4 Å². The van der Waals surface area contributed by atoms with Gasteiger partial charge in [-0.15, -0.1) is 0 Å². The van der Waals surface area contributed by atoms with Gasteiger partial charge in [-0.25, -0.2) is 21.6 Å². The number of nitrogens with one attached hydrogen (secondary N) is 7. The Morgan fingerprint density at radius 3 is 1.21 bits per heavy atom. The van der Waals surface area contributed by atoms with Crippen molar-refractivity contribution in [3.05, 3.63) is 202 Å². The van der Waals surface area contributed by atoms with Crippen LogP contribution in [0.5, 0.6) is 0 Å². The maximum Gasteiger partial charge on any atom is 0.324 e. The molecule has 378 valence electrons. The standard InChI is InChI=1S/C21H17ClN4O.C20H16ClN3O2S.C14H12ClN3O2S/c1-13-7-9-15(10-8-13)23-21(27)24-20-17-11-16(14-5-3-2-4-6-14)18(22)12-19(17)25-26-20;1-13-7-9-15(10-8-13)27(25,26)24-20-17-11-16(14-5-3-2-4-6-14)18(21)12-19(17)22-23-20;1-21(19,20)18-14-11-7-10(9-5-3-2-4-6-9)12(15)8-13(11)16-17-14/h2-12H,1H3,(H3,23,24,25,26,27);2-12H,1H3,(H2,22,23,24);2-8H,1H3,(H2,16,17,18). The van der Waals surface area contributed by atoms with Gasteiger partial charge in [0.1, 0.15) is 0 Å². The van der Waals surface area contributed by atoms with Crippen LogP contribution in [-0.2, 0) is 20.0 Å². The third kappa shape index (κ3) is 12.4. The predicted molar refractivity (Wildman–Crippen MR) is 304 cm³/mol. The number of hydrogen-bond acceptors (Lipinski definition) is 8. The van der Waals surface area contributed by atoms with Crippen LogP contribution in [0, 0.1) is 13.8 Å². The lowest BCUT2D eigenvalue weighted by molar-refractivity contribution is 0.262. The van der Waals surface area contributed by atoms with Crippen molar-refractivity contribution in [2.24, 2.45) is 0 Å². The van der Waals surface area contributed by atoms with Gasteiger partial charge in [-0.3, -0.25) is 30.1 Å². The number of sulfonamides is 2. The minimum Gasteiger partial charge on any atom is -0.308 e. The van der Waals surface area contributed by atoms with E-state index in [4.69, 9.17) is 34.8 Å². The number of hydrogen-bond donors (Lipinski definition) is 7. The molecule has 0 bridgehead atoms. The topological polar surface area (TPSA) is 220 Å². The van der Waals surface area contributed by atoms with Gasteiger partial charge in [-0.05, 0) is 91.2 Å². The lowest BCUT2D eigenvalue weighted by atomic mass is 10.0. The first kappa shape index (κ1) is 51.7. The summed E-state index contributed by atoms with van der Waals surface area (Å²) in [5.74, 6) is 0.948. The average molecular weight is 1100 g/mol. The fraction of sp³-hybridized carbons (Fsp3) is 0.0545. The molecule has 0 spiro atoms. The molecule has 7 N–H and O–H groups in total. The number of nitrogens with zero attached hydrogens (tertiary/aromatic N) is 3. The number of carbonyl (C=O) groups excluding carboxylic acids is 1. The van der Waals surface area contributed by atoms with Crippen LogP contribution in [0.4, 0.5) is 27.9 Å². The molecule has 11 aromatic rings. The molecule has 0 aliphatic rings. The second-order valence-electron chi connectivity index (χ2n) is 17.2. The summed E-state index contributed by atoms with van der Waals surface area (Å²) in [5, 5.41) is 30.3. The Morgan fingerprint density at radius 1 is 0.453 bits per heavy atom. The Hall–Kier alpha value is -8.19. The molecule has 0 atom stereocenters. The molecule has 0 unspecified atom stereocenters. The highest BCUT2D eigenvalue weighted by Gasteiger charge is 2.20. The zero-order chi connectivity index (χ0) is 52.9. The fourth-order valence-corrected chi connectivity index (χ4v) is 10.2. The molecule has 0 fully saturated rings. The molecule has 20 heteroatoms. The SMILES string of the molecule is CS(=O)(=O)Nc1n[nH]c2cc(Cl)c(-c3ccccc3)cc12.Cc1ccc(NC(=O)Nc2n[nH]c3cc(Cl)c(-c4ccccc4)cc23)cc1.Cc1ccc(S(=O)(=O)Nc2n[nH]c3cc(Cl)c(-c4ccccc4)cc23)cc1. The van der Waals surface area contributed by atoms with E-state index in [-0.39, 0.29) is 22.6 Å². The van der Waals surface area contributed by atoms with Crippen LogP contribution < -0.4 is 20.1 Å². The van der Waals surface area contributed by atoms with E-state index in [1.54, 1.807) is 36.4 Å². The van der Waals surface area contributed by atoms with Crippen LogP contribution in [0.3, 0.4) is 0 Å². The summed E-state index contributed by atoms with van der Waals surface area (Å²) in [6.07, 6.45) is 1.08. The van der Waals surface area contributed by atoms with Crippen molar-refractivity contribution in [1.29, 1.82) is 0 Å². The van der Waals surface area contributed by atoms with Gasteiger partial charge >= 0.3 is 6.03 Å². The van der Waals surface area contributed by atoms with E-state index in [2.05, 4.69) is 50.7 Å². The number of aromatic amines is 3. The Bertz CT molecular complexity index is 4070. The summed E-state index contributed by atoms with van der Waals surface area (Å²) in [4.78, 5) is 12.5. The summed E-state index contributed by atoms with van der Waals surface area (Å²) >= 11 is 19.1. The largest absolute Gasteiger partial charge is 0.324 e. The Labute approximate surface area is 446 Å². The number of aryl methyl sites for hydroxylation is 2. The van der Waals surface area contributed by atoms with Gasteiger partial charge < -0.3 is 5.32 Å². The highest BCUT2D eigenvalue weighted by Crippen LogP contribution is 2.37.